The molecule has 1 amide bonds. The van der Waals surface area contributed by atoms with E-state index in [9.17, 15) is 9.59 Å². The monoisotopic (exact) mass is 383 g/mol. The Hall–Kier alpha value is -3.40. The number of carbonyl (C=O) groups is 2. The van der Waals surface area contributed by atoms with Crippen molar-refractivity contribution in [3.8, 4) is 16.9 Å². The Labute approximate surface area is 169 Å². The number of Topliss-reactive ketones (excluding diaryl/α,β-unsaturated/α-hetero) is 1. The molecule has 4 heteroatoms. The predicted molar refractivity (Wildman–Crippen MR) is 111 cm³/mol. The molecule has 2 aliphatic heterocycles. The van der Waals surface area contributed by atoms with Crippen molar-refractivity contribution < 1.29 is 14.3 Å². The third-order valence-electron chi connectivity index (χ3n) is 5.84. The van der Waals surface area contributed by atoms with Gasteiger partial charge in [-0.25, -0.2) is 0 Å². The zero-order valence-corrected chi connectivity index (χ0v) is 16.0. The highest BCUT2D eigenvalue weighted by atomic mass is 16.5. The molecule has 0 aromatic heterocycles. The molecule has 2 aliphatic rings. The van der Waals surface area contributed by atoms with Crippen molar-refractivity contribution in [3.05, 3.63) is 90.0 Å². The summed E-state index contributed by atoms with van der Waals surface area (Å²) in [6.45, 7) is 1.03. The summed E-state index contributed by atoms with van der Waals surface area (Å²) in [5.41, 5.74) is 2.89. The predicted octanol–water partition coefficient (Wildman–Crippen LogP) is 4.60. The van der Waals surface area contributed by atoms with Gasteiger partial charge in [0.05, 0.1) is 18.5 Å². The fraction of sp³-hybridized carbons (Fsp3) is 0.200. The van der Waals surface area contributed by atoms with Gasteiger partial charge in [0, 0.05) is 18.5 Å². The first-order chi connectivity index (χ1) is 14.1. The van der Waals surface area contributed by atoms with Crippen LogP contribution in [-0.4, -0.2) is 35.3 Å². The smallest absolute Gasteiger partial charge is 0.253 e. The fourth-order valence-corrected chi connectivity index (χ4v) is 4.31. The number of benzene rings is 3. The Morgan fingerprint density at radius 1 is 0.862 bits per heavy atom. The average Bonchev–Trinajstić information content (AvgIpc) is 3.17. The van der Waals surface area contributed by atoms with Crippen LogP contribution in [0.1, 0.15) is 33.6 Å². The largest absolute Gasteiger partial charge is 0.484 e. The molecule has 144 valence electrons. The molecule has 0 radical (unpaired) electrons. The van der Waals surface area contributed by atoms with Crippen LogP contribution in [0.15, 0.2) is 78.9 Å². The summed E-state index contributed by atoms with van der Waals surface area (Å²) in [5.74, 6) is 0.704. The Morgan fingerprint density at radius 2 is 1.55 bits per heavy atom. The number of hydrogen-bond donors (Lipinski definition) is 0. The zero-order valence-electron chi connectivity index (χ0n) is 16.0. The molecule has 1 spiro atoms. The number of ether oxygens (including phenoxy) is 1. The van der Waals surface area contributed by atoms with Crippen molar-refractivity contribution in [3.63, 3.8) is 0 Å². The van der Waals surface area contributed by atoms with Crippen molar-refractivity contribution >= 4 is 11.7 Å². The summed E-state index contributed by atoms with van der Waals surface area (Å²) in [4.78, 5) is 27.4. The number of rotatable bonds is 2. The molecule has 0 saturated carbocycles. The Balaban J connectivity index is 1.33. The number of fused-ring (bicyclic) bond motifs is 1. The summed E-state index contributed by atoms with van der Waals surface area (Å²) in [6, 6.07) is 25.2. The first kappa shape index (κ1) is 17.7. The molecule has 5 rings (SSSR count). The molecule has 3 aromatic carbocycles. The summed E-state index contributed by atoms with van der Waals surface area (Å²) < 4.78 is 6.23. The fourth-order valence-electron chi connectivity index (χ4n) is 4.31. The molecular formula is C25H21NO3. The van der Waals surface area contributed by atoms with E-state index < -0.39 is 5.60 Å². The number of ketones is 1. The molecular weight excluding hydrogens is 362 g/mol. The number of amides is 1. The molecule has 29 heavy (non-hydrogen) atoms. The van der Waals surface area contributed by atoms with Gasteiger partial charge in [0.2, 0.25) is 0 Å². The summed E-state index contributed by atoms with van der Waals surface area (Å²) in [5, 5.41) is 0. The molecule has 1 atom stereocenters. The van der Waals surface area contributed by atoms with Crippen molar-refractivity contribution in [2.24, 2.45) is 0 Å². The minimum absolute atomic E-state index is 0.0172. The van der Waals surface area contributed by atoms with Crippen molar-refractivity contribution in [1.82, 2.24) is 4.90 Å². The second-order valence-corrected chi connectivity index (χ2v) is 7.80. The lowest BCUT2D eigenvalue weighted by Gasteiger charge is -2.34. The van der Waals surface area contributed by atoms with Crippen LogP contribution in [0.25, 0.3) is 11.1 Å². The Morgan fingerprint density at radius 3 is 2.34 bits per heavy atom. The molecule has 1 unspecified atom stereocenters. The van der Waals surface area contributed by atoms with Gasteiger partial charge < -0.3 is 9.64 Å². The molecule has 2 heterocycles. The molecule has 3 aromatic rings. The summed E-state index contributed by atoms with van der Waals surface area (Å²) in [7, 11) is 0. The molecule has 0 aliphatic carbocycles. The van der Waals surface area contributed by atoms with Gasteiger partial charge in [-0.05, 0) is 35.4 Å². The number of para-hydroxylation sites is 1. The maximum atomic E-state index is 13.0. The highest BCUT2D eigenvalue weighted by molar-refractivity contribution is 6.00. The lowest BCUT2D eigenvalue weighted by Crippen LogP contribution is -2.45. The highest BCUT2D eigenvalue weighted by Gasteiger charge is 2.46. The van der Waals surface area contributed by atoms with Gasteiger partial charge in [-0.15, -0.1) is 0 Å². The van der Waals surface area contributed by atoms with Gasteiger partial charge in [-0.1, -0.05) is 54.6 Å². The minimum atomic E-state index is -0.606. The van der Waals surface area contributed by atoms with Crippen LogP contribution in [0.3, 0.4) is 0 Å². The molecule has 0 bridgehead atoms. The number of nitrogens with zero attached hydrogens (tertiary/aromatic N) is 1. The molecule has 1 fully saturated rings. The number of carbonyl (C=O) groups excluding carboxylic acids is 2. The Kier molecular flexibility index (Phi) is 4.20. The van der Waals surface area contributed by atoms with E-state index in [-0.39, 0.29) is 11.7 Å². The van der Waals surface area contributed by atoms with Crippen LogP contribution in [0.5, 0.6) is 5.75 Å². The van der Waals surface area contributed by atoms with Gasteiger partial charge in [0.1, 0.15) is 11.4 Å². The number of hydrogen-bond acceptors (Lipinski definition) is 3. The van der Waals surface area contributed by atoms with Crippen molar-refractivity contribution in [1.29, 1.82) is 0 Å². The van der Waals surface area contributed by atoms with Crippen molar-refractivity contribution in [2.45, 2.75) is 18.4 Å². The maximum Gasteiger partial charge on any atom is 0.253 e. The van der Waals surface area contributed by atoms with Crippen LogP contribution in [0, 0.1) is 0 Å². The van der Waals surface area contributed by atoms with E-state index in [2.05, 4.69) is 12.1 Å². The topological polar surface area (TPSA) is 46.6 Å². The number of likely N-dealkylation sites (tertiary alicyclic amines) is 1. The summed E-state index contributed by atoms with van der Waals surface area (Å²) >= 11 is 0. The molecule has 1 saturated heterocycles. The van der Waals surface area contributed by atoms with Crippen LogP contribution in [-0.2, 0) is 0 Å². The normalized spacial score (nSPS) is 20.4. The van der Waals surface area contributed by atoms with Crippen molar-refractivity contribution in [2.75, 3.05) is 13.1 Å². The Bertz CT molecular complexity index is 1070. The average molecular weight is 383 g/mol. The van der Waals surface area contributed by atoms with Crippen LogP contribution >= 0.6 is 0 Å². The van der Waals surface area contributed by atoms with Crippen LogP contribution in [0.2, 0.25) is 0 Å². The van der Waals surface area contributed by atoms with Gasteiger partial charge in [-0.2, -0.15) is 0 Å². The van der Waals surface area contributed by atoms with E-state index in [1.807, 2.05) is 60.7 Å². The molecule has 4 nitrogen and oxygen atoms in total. The van der Waals surface area contributed by atoms with E-state index in [1.54, 1.807) is 11.0 Å². The van der Waals surface area contributed by atoms with E-state index >= 15 is 0 Å². The van der Waals surface area contributed by atoms with E-state index in [0.29, 0.717) is 42.8 Å². The third-order valence-corrected chi connectivity index (χ3v) is 5.84. The summed E-state index contributed by atoms with van der Waals surface area (Å²) in [6.07, 6.45) is 0.988. The molecule has 0 N–H and O–H groups in total. The van der Waals surface area contributed by atoms with Gasteiger partial charge in [0.25, 0.3) is 5.91 Å². The van der Waals surface area contributed by atoms with Gasteiger partial charge >= 0.3 is 0 Å². The standard InChI is InChI=1S/C25H21NO3/c27-22-16-25(29-23-9-5-4-8-21(22)23)14-15-26(17-25)24(28)20-12-10-19(11-13-20)18-6-2-1-3-7-18/h1-13H,14-17H2. The first-order valence-corrected chi connectivity index (χ1v) is 9.90. The third kappa shape index (κ3) is 3.21. The first-order valence-electron chi connectivity index (χ1n) is 9.90. The highest BCUT2D eigenvalue weighted by Crippen LogP contribution is 2.39. The second-order valence-electron chi connectivity index (χ2n) is 7.80. The SMILES string of the molecule is O=C1CC2(CCN(C(=O)c3ccc(-c4ccccc4)cc3)C2)Oc2ccccc21. The van der Waals surface area contributed by atoms with E-state index in [1.165, 1.54) is 0 Å². The maximum absolute atomic E-state index is 13.0. The quantitative estimate of drug-likeness (QED) is 0.650. The second kappa shape index (κ2) is 6.89. The van der Waals surface area contributed by atoms with Crippen LogP contribution in [0.4, 0.5) is 0 Å². The van der Waals surface area contributed by atoms with Crippen LogP contribution < -0.4 is 4.74 Å². The van der Waals surface area contributed by atoms with Gasteiger partial charge in [-0.3, -0.25) is 9.59 Å². The lowest BCUT2D eigenvalue weighted by molar-refractivity contribution is 0.0428. The van der Waals surface area contributed by atoms with E-state index in [0.717, 1.165) is 11.1 Å². The minimum Gasteiger partial charge on any atom is -0.484 e. The van der Waals surface area contributed by atoms with Gasteiger partial charge in [0.15, 0.2) is 5.78 Å². The zero-order chi connectivity index (χ0) is 19.8. The lowest BCUT2D eigenvalue weighted by atomic mass is 9.89. The van der Waals surface area contributed by atoms with E-state index in [4.69, 9.17) is 4.74 Å².